The molecule has 0 aromatic heterocycles. The molecule has 1 rings (SSSR count). The summed E-state index contributed by atoms with van der Waals surface area (Å²) in [5.74, 6) is -0.243. The van der Waals surface area contributed by atoms with Crippen molar-refractivity contribution in [3.05, 3.63) is 29.3 Å². The molecule has 0 fully saturated rings. The van der Waals surface area contributed by atoms with Gasteiger partial charge < -0.3 is 4.74 Å². The highest BCUT2D eigenvalue weighted by Gasteiger charge is 1.98. The van der Waals surface area contributed by atoms with E-state index >= 15 is 0 Å². The van der Waals surface area contributed by atoms with Gasteiger partial charge in [-0.25, -0.2) is 0 Å². The molecular formula is C9H11ClN2O2. The Hall–Kier alpha value is -1.26. The minimum atomic E-state index is -0.243. The van der Waals surface area contributed by atoms with Gasteiger partial charge in [0.1, 0.15) is 6.61 Å². The van der Waals surface area contributed by atoms with Crippen LogP contribution in [0.2, 0.25) is 5.02 Å². The Balaban J connectivity index is 2.41. The van der Waals surface area contributed by atoms with Gasteiger partial charge in [-0.2, -0.15) is 0 Å². The fourth-order valence-electron chi connectivity index (χ4n) is 0.875. The SMILES string of the molecule is COCC(=O)NNc1cccc(Cl)c1. The fraction of sp³-hybridized carbons (Fsp3) is 0.222. The minimum absolute atomic E-state index is 0.0214. The first-order valence-corrected chi connectivity index (χ1v) is 4.39. The lowest BCUT2D eigenvalue weighted by Gasteiger charge is -2.07. The van der Waals surface area contributed by atoms with Gasteiger partial charge in [-0.15, -0.1) is 0 Å². The van der Waals surface area contributed by atoms with E-state index in [4.69, 9.17) is 11.6 Å². The van der Waals surface area contributed by atoms with Crippen LogP contribution in [0.1, 0.15) is 0 Å². The molecule has 0 aliphatic carbocycles. The molecule has 2 N–H and O–H groups in total. The Labute approximate surface area is 87.2 Å². The van der Waals surface area contributed by atoms with Crippen molar-refractivity contribution in [2.75, 3.05) is 19.1 Å². The van der Waals surface area contributed by atoms with Crippen LogP contribution >= 0.6 is 11.6 Å². The van der Waals surface area contributed by atoms with Gasteiger partial charge in [0.2, 0.25) is 0 Å². The Kier molecular flexibility index (Phi) is 4.22. The van der Waals surface area contributed by atoms with Crippen molar-refractivity contribution in [1.29, 1.82) is 0 Å². The molecule has 14 heavy (non-hydrogen) atoms. The van der Waals surface area contributed by atoms with Crippen molar-refractivity contribution < 1.29 is 9.53 Å². The van der Waals surface area contributed by atoms with E-state index in [1.54, 1.807) is 24.3 Å². The van der Waals surface area contributed by atoms with Crippen LogP contribution in [0.25, 0.3) is 0 Å². The Morgan fingerprint density at radius 2 is 2.36 bits per heavy atom. The molecule has 0 saturated heterocycles. The number of halogens is 1. The average Bonchev–Trinajstić information content (AvgIpc) is 2.15. The van der Waals surface area contributed by atoms with E-state index in [1.807, 2.05) is 0 Å². The molecular weight excluding hydrogens is 204 g/mol. The third-order valence-electron chi connectivity index (χ3n) is 1.45. The smallest absolute Gasteiger partial charge is 0.264 e. The number of ether oxygens (including phenoxy) is 1. The van der Waals surface area contributed by atoms with E-state index in [9.17, 15) is 4.79 Å². The fourth-order valence-corrected chi connectivity index (χ4v) is 1.07. The maximum Gasteiger partial charge on any atom is 0.264 e. The average molecular weight is 215 g/mol. The van der Waals surface area contributed by atoms with Crippen LogP contribution in [0.5, 0.6) is 0 Å². The second-order valence-corrected chi connectivity index (χ2v) is 3.05. The first-order chi connectivity index (χ1) is 6.72. The first kappa shape index (κ1) is 10.8. The van der Waals surface area contributed by atoms with Gasteiger partial charge in [0.25, 0.3) is 5.91 Å². The number of amides is 1. The molecule has 0 atom stereocenters. The van der Waals surface area contributed by atoms with E-state index in [2.05, 4.69) is 15.6 Å². The summed E-state index contributed by atoms with van der Waals surface area (Å²) in [4.78, 5) is 11.0. The van der Waals surface area contributed by atoms with E-state index in [0.29, 0.717) is 5.02 Å². The molecule has 1 aromatic rings. The number of anilines is 1. The summed E-state index contributed by atoms with van der Waals surface area (Å²) in [7, 11) is 1.46. The van der Waals surface area contributed by atoms with Crippen LogP contribution in [-0.2, 0) is 9.53 Å². The van der Waals surface area contributed by atoms with Crippen molar-refractivity contribution >= 4 is 23.2 Å². The maximum atomic E-state index is 11.0. The van der Waals surface area contributed by atoms with E-state index in [1.165, 1.54) is 7.11 Å². The summed E-state index contributed by atoms with van der Waals surface area (Å²) in [5, 5.41) is 0.607. The molecule has 0 aliphatic heterocycles. The van der Waals surface area contributed by atoms with Crippen molar-refractivity contribution in [3.63, 3.8) is 0 Å². The zero-order valence-electron chi connectivity index (χ0n) is 7.71. The number of methoxy groups -OCH3 is 1. The molecule has 4 nitrogen and oxygen atoms in total. The molecule has 1 amide bonds. The number of hydrazine groups is 1. The van der Waals surface area contributed by atoms with Crippen molar-refractivity contribution in [2.24, 2.45) is 0 Å². The highest BCUT2D eigenvalue weighted by atomic mass is 35.5. The number of hydrogen-bond acceptors (Lipinski definition) is 3. The lowest BCUT2D eigenvalue weighted by molar-refractivity contribution is -0.124. The van der Waals surface area contributed by atoms with E-state index in [-0.39, 0.29) is 12.5 Å². The van der Waals surface area contributed by atoms with Gasteiger partial charge in [0, 0.05) is 12.1 Å². The van der Waals surface area contributed by atoms with Gasteiger partial charge >= 0.3 is 0 Å². The summed E-state index contributed by atoms with van der Waals surface area (Å²) >= 11 is 5.74. The molecule has 1 aromatic carbocycles. The highest BCUT2D eigenvalue weighted by Crippen LogP contribution is 2.13. The predicted molar refractivity (Wildman–Crippen MR) is 55.1 cm³/mol. The zero-order valence-corrected chi connectivity index (χ0v) is 8.47. The van der Waals surface area contributed by atoms with Gasteiger partial charge in [-0.1, -0.05) is 17.7 Å². The van der Waals surface area contributed by atoms with E-state index < -0.39 is 0 Å². The second kappa shape index (κ2) is 5.47. The maximum absolute atomic E-state index is 11.0. The number of benzene rings is 1. The predicted octanol–water partition coefficient (Wildman–Crippen LogP) is 1.43. The molecule has 0 aliphatic rings. The van der Waals surface area contributed by atoms with Crippen LogP contribution in [0.15, 0.2) is 24.3 Å². The molecule has 0 spiro atoms. The topological polar surface area (TPSA) is 50.4 Å². The molecule has 0 bridgehead atoms. The monoisotopic (exact) mass is 214 g/mol. The first-order valence-electron chi connectivity index (χ1n) is 4.01. The normalized spacial score (nSPS) is 9.57. The summed E-state index contributed by atoms with van der Waals surface area (Å²) in [6.45, 7) is 0.0214. The summed E-state index contributed by atoms with van der Waals surface area (Å²) in [6, 6.07) is 7.03. The largest absolute Gasteiger partial charge is 0.375 e. The van der Waals surface area contributed by atoms with Crippen LogP contribution in [0.4, 0.5) is 5.69 Å². The van der Waals surface area contributed by atoms with Gasteiger partial charge in [-0.05, 0) is 18.2 Å². The molecule has 76 valence electrons. The molecule has 0 heterocycles. The number of carbonyl (C=O) groups is 1. The summed E-state index contributed by atoms with van der Waals surface area (Å²) < 4.78 is 4.64. The summed E-state index contributed by atoms with van der Waals surface area (Å²) in [5.41, 5.74) is 5.88. The standard InChI is InChI=1S/C9H11ClN2O2/c1-14-6-9(13)12-11-8-4-2-3-7(10)5-8/h2-5,11H,6H2,1H3,(H,12,13). The summed E-state index contributed by atoms with van der Waals surface area (Å²) in [6.07, 6.45) is 0. The number of carbonyl (C=O) groups excluding carboxylic acids is 1. The van der Waals surface area contributed by atoms with Crippen molar-refractivity contribution in [1.82, 2.24) is 5.43 Å². The molecule has 5 heteroatoms. The zero-order chi connectivity index (χ0) is 10.4. The van der Waals surface area contributed by atoms with Crippen LogP contribution in [-0.4, -0.2) is 19.6 Å². The Bertz CT molecular complexity index is 317. The number of nitrogens with one attached hydrogen (secondary N) is 2. The molecule has 0 radical (unpaired) electrons. The molecule has 0 unspecified atom stereocenters. The van der Waals surface area contributed by atoms with Gasteiger partial charge in [0.05, 0.1) is 5.69 Å². The van der Waals surface area contributed by atoms with Crippen molar-refractivity contribution in [2.45, 2.75) is 0 Å². The van der Waals surface area contributed by atoms with Gasteiger partial charge in [-0.3, -0.25) is 15.6 Å². The lowest BCUT2D eigenvalue weighted by atomic mass is 10.3. The highest BCUT2D eigenvalue weighted by molar-refractivity contribution is 6.30. The van der Waals surface area contributed by atoms with Crippen LogP contribution in [0.3, 0.4) is 0 Å². The Morgan fingerprint density at radius 1 is 1.57 bits per heavy atom. The molecule has 0 saturated carbocycles. The van der Waals surface area contributed by atoms with Gasteiger partial charge in [0.15, 0.2) is 0 Å². The third kappa shape index (κ3) is 3.64. The quantitative estimate of drug-likeness (QED) is 0.746. The number of hydrogen-bond donors (Lipinski definition) is 2. The minimum Gasteiger partial charge on any atom is -0.375 e. The third-order valence-corrected chi connectivity index (χ3v) is 1.68. The van der Waals surface area contributed by atoms with E-state index in [0.717, 1.165) is 5.69 Å². The van der Waals surface area contributed by atoms with Crippen molar-refractivity contribution in [3.8, 4) is 0 Å². The van der Waals surface area contributed by atoms with Crippen LogP contribution < -0.4 is 10.9 Å². The van der Waals surface area contributed by atoms with Crippen LogP contribution in [0, 0.1) is 0 Å². The Morgan fingerprint density at radius 3 is 3.00 bits per heavy atom. The number of rotatable bonds is 4. The lowest BCUT2D eigenvalue weighted by Crippen LogP contribution is -2.32. The second-order valence-electron chi connectivity index (χ2n) is 2.62.